The molecule has 2 aromatic heterocycles. The van der Waals surface area contributed by atoms with Gasteiger partial charge in [-0.05, 0) is 30.2 Å². The highest BCUT2D eigenvalue weighted by Crippen LogP contribution is 2.33. The molecule has 10 nitrogen and oxygen atoms in total. The number of hydrogen-bond acceptors (Lipinski definition) is 8. The number of carbonyl (C=O) groups is 1. The summed E-state index contributed by atoms with van der Waals surface area (Å²) in [4.78, 5) is 29.6. The SMILES string of the molecule is CC(=O)N(C)CCN(C)c1nc(NCc2ccc3c(c2)OCO3)c2ncn(Cc3ccc(C)cc3)c2n1. The third kappa shape index (κ3) is 5.42. The average molecular weight is 502 g/mol. The lowest BCUT2D eigenvalue weighted by Crippen LogP contribution is -2.34. The third-order valence-corrected chi connectivity index (χ3v) is 6.47. The monoisotopic (exact) mass is 501 g/mol. The fraction of sp³-hybridized carbons (Fsp3) is 0.333. The van der Waals surface area contributed by atoms with Crippen molar-refractivity contribution in [3.8, 4) is 11.5 Å². The lowest BCUT2D eigenvalue weighted by atomic mass is 10.1. The highest BCUT2D eigenvalue weighted by atomic mass is 16.7. The molecule has 0 spiro atoms. The Bertz CT molecular complexity index is 1420. The van der Waals surface area contributed by atoms with Crippen molar-refractivity contribution in [2.24, 2.45) is 0 Å². The number of imidazole rings is 1. The van der Waals surface area contributed by atoms with Crippen molar-refractivity contribution in [2.75, 3.05) is 44.2 Å². The van der Waals surface area contributed by atoms with E-state index in [1.807, 2.05) is 34.7 Å². The van der Waals surface area contributed by atoms with Crippen molar-refractivity contribution in [1.29, 1.82) is 0 Å². The Kier molecular flexibility index (Phi) is 6.80. The first-order valence-electron chi connectivity index (χ1n) is 12.2. The average Bonchev–Trinajstić information content (AvgIpc) is 3.53. The highest BCUT2D eigenvalue weighted by Gasteiger charge is 2.18. The minimum Gasteiger partial charge on any atom is -0.454 e. The predicted molar refractivity (Wildman–Crippen MR) is 142 cm³/mol. The minimum absolute atomic E-state index is 0.0204. The Hall–Kier alpha value is -4.34. The van der Waals surface area contributed by atoms with E-state index in [0.29, 0.717) is 43.5 Å². The molecule has 1 aliphatic rings. The maximum absolute atomic E-state index is 11.7. The van der Waals surface area contributed by atoms with Gasteiger partial charge in [0.05, 0.1) is 12.9 Å². The number of ether oxygens (including phenoxy) is 2. The van der Waals surface area contributed by atoms with Gasteiger partial charge in [0.2, 0.25) is 18.6 Å². The molecule has 1 aliphatic heterocycles. The van der Waals surface area contributed by atoms with Gasteiger partial charge in [0, 0.05) is 40.7 Å². The van der Waals surface area contributed by atoms with Crippen molar-refractivity contribution in [1.82, 2.24) is 24.4 Å². The molecular weight excluding hydrogens is 470 g/mol. The second kappa shape index (κ2) is 10.3. The largest absolute Gasteiger partial charge is 0.454 e. The van der Waals surface area contributed by atoms with Crippen molar-refractivity contribution in [3.63, 3.8) is 0 Å². The van der Waals surface area contributed by atoms with Crippen LogP contribution in [0.1, 0.15) is 23.6 Å². The van der Waals surface area contributed by atoms with Crippen LogP contribution in [-0.4, -0.2) is 64.3 Å². The van der Waals surface area contributed by atoms with Gasteiger partial charge in [-0.1, -0.05) is 35.9 Å². The third-order valence-electron chi connectivity index (χ3n) is 6.47. The summed E-state index contributed by atoms with van der Waals surface area (Å²) in [5, 5.41) is 3.44. The topological polar surface area (TPSA) is 97.6 Å². The zero-order chi connectivity index (χ0) is 25.9. The second-order valence-electron chi connectivity index (χ2n) is 9.31. The quantitative estimate of drug-likeness (QED) is 0.373. The van der Waals surface area contributed by atoms with Crippen LogP contribution in [0.25, 0.3) is 11.2 Å². The van der Waals surface area contributed by atoms with Crippen LogP contribution in [0.5, 0.6) is 11.5 Å². The van der Waals surface area contributed by atoms with Gasteiger partial charge in [0.1, 0.15) is 0 Å². The number of aryl methyl sites for hydroxylation is 1. The molecule has 0 aliphatic carbocycles. The van der Waals surface area contributed by atoms with Crippen LogP contribution in [0, 0.1) is 6.92 Å². The number of nitrogens with zero attached hydrogens (tertiary/aromatic N) is 6. The molecule has 0 atom stereocenters. The predicted octanol–water partition coefficient (Wildman–Crippen LogP) is 3.44. The summed E-state index contributed by atoms with van der Waals surface area (Å²) >= 11 is 0. The standard InChI is InChI=1S/C27H31N7O3/c1-18-5-7-20(8-6-18)15-34-16-29-24-25(28-14-21-9-10-22-23(13-21)37-17-36-22)30-27(31-26(24)34)33(4)12-11-32(3)19(2)35/h5-10,13,16H,11-12,14-15,17H2,1-4H3,(H,28,30,31). The maximum atomic E-state index is 11.7. The summed E-state index contributed by atoms with van der Waals surface area (Å²) in [5.74, 6) is 2.72. The Balaban J connectivity index is 1.44. The molecule has 0 bridgehead atoms. The zero-order valence-electron chi connectivity index (χ0n) is 21.6. The van der Waals surface area contributed by atoms with Crippen LogP contribution in [0.2, 0.25) is 0 Å². The maximum Gasteiger partial charge on any atom is 0.231 e. The Morgan fingerprint density at radius 1 is 1.03 bits per heavy atom. The Morgan fingerprint density at radius 2 is 1.78 bits per heavy atom. The normalized spacial score (nSPS) is 12.1. The van der Waals surface area contributed by atoms with E-state index in [-0.39, 0.29) is 12.7 Å². The molecule has 4 aromatic rings. The number of rotatable bonds is 9. The fourth-order valence-corrected chi connectivity index (χ4v) is 4.03. The number of nitrogens with one attached hydrogen (secondary N) is 1. The van der Waals surface area contributed by atoms with Gasteiger partial charge in [-0.2, -0.15) is 9.97 Å². The first-order chi connectivity index (χ1) is 17.9. The summed E-state index contributed by atoms with van der Waals surface area (Å²) in [6.07, 6.45) is 1.80. The molecule has 1 amide bonds. The molecule has 0 saturated heterocycles. The van der Waals surface area contributed by atoms with Crippen molar-refractivity contribution >= 4 is 28.8 Å². The van der Waals surface area contributed by atoms with E-state index < -0.39 is 0 Å². The smallest absolute Gasteiger partial charge is 0.231 e. The second-order valence-corrected chi connectivity index (χ2v) is 9.31. The van der Waals surface area contributed by atoms with Gasteiger partial charge in [-0.25, -0.2) is 4.98 Å². The van der Waals surface area contributed by atoms with Crippen LogP contribution < -0.4 is 19.7 Å². The number of hydrogen-bond donors (Lipinski definition) is 1. The minimum atomic E-state index is 0.0204. The van der Waals surface area contributed by atoms with Crippen molar-refractivity contribution < 1.29 is 14.3 Å². The first kappa shape index (κ1) is 24.4. The molecule has 192 valence electrons. The molecule has 0 unspecified atom stereocenters. The van der Waals surface area contributed by atoms with Crippen LogP contribution in [0.3, 0.4) is 0 Å². The van der Waals surface area contributed by atoms with E-state index in [0.717, 1.165) is 28.3 Å². The molecule has 37 heavy (non-hydrogen) atoms. The molecule has 3 heterocycles. The first-order valence-corrected chi connectivity index (χ1v) is 12.2. The van der Waals surface area contributed by atoms with E-state index in [1.165, 1.54) is 5.56 Å². The van der Waals surface area contributed by atoms with Gasteiger partial charge >= 0.3 is 0 Å². The van der Waals surface area contributed by atoms with E-state index >= 15 is 0 Å². The molecular formula is C27H31N7O3. The number of anilines is 2. The van der Waals surface area contributed by atoms with E-state index in [1.54, 1.807) is 25.2 Å². The molecule has 5 rings (SSSR count). The summed E-state index contributed by atoms with van der Waals surface area (Å²) < 4.78 is 13.0. The number of amides is 1. The summed E-state index contributed by atoms with van der Waals surface area (Å²) in [7, 11) is 3.71. The van der Waals surface area contributed by atoms with Gasteiger partial charge in [-0.3, -0.25) is 4.79 Å². The van der Waals surface area contributed by atoms with E-state index in [4.69, 9.17) is 19.4 Å². The zero-order valence-corrected chi connectivity index (χ0v) is 21.6. The Morgan fingerprint density at radius 3 is 2.57 bits per heavy atom. The number of likely N-dealkylation sites (N-methyl/N-ethyl adjacent to an activating group) is 2. The number of fused-ring (bicyclic) bond motifs is 2. The molecule has 2 aromatic carbocycles. The van der Waals surface area contributed by atoms with Crippen LogP contribution >= 0.6 is 0 Å². The lowest BCUT2D eigenvalue weighted by Gasteiger charge is -2.22. The van der Waals surface area contributed by atoms with Gasteiger partial charge < -0.3 is 29.2 Å². The van der Waals surface area contributed by atoms with Crippen LogP contribution in [0.15, 0.2) is 48.8 Å². The fourth-order valence-electron chi connectivity index (χ4n) is 4.03. The van der Waals surface area contributed by atoms with E-state index in [9.17, 15) is 4.79 Å². The lowest BCUT2D eigenvalue weighted by molar-refractivity contribution is -0.127. The molecule has 0 fully saturated rings. The highest BCUT2D eigenvalue weighted by molar-refractivity contribution is 5.84. The Labute approximate surface area is 215 Å². The number of carbonyl (C=O) groups excluding carboxylic acids is 1. The van der Waals surface area contributed by atoms with Gasteiger partial charge in [0.25, 0.3) is 0 Å². The molecule has 1 N–H and O–H groups in total. The summed E-state index contributed by atoms with van der Waals surface area (Å²) in [5.41, 5.74) is 4.86. The summed E-state index contributed by atoms with van der Waals surface area (Å²) in [6, 6.07) is 14.3. The van der Waals surface area contributed by atoms with Crippen molar-refractivity contribution in [3.05, 3.63) is 65.5 Å². The van der Waals surface area contributed by atoms with E-state index in [2.05, 4.69) is 41.5 Å². The molecule has 0 radical (unpaired) electrons. The number of aromatic nitrogens is 4. The van der Waals surface area contributed by atoms with Crippen LogP contribution in [-0.2, 0) is 17.9 Å². The van der Waals surface area contributed by atoms with Gasteiger partial charge in [0.15, 0.2) is 28.5 Å². The summed E-state index contributed by atoms with van der Waals surface area (Å²) in [6.45, 7) is 6.21. The van der Waals surface area contributed by atoms with Crippen LogP contribution in [0.4, 0.5) is 11.8 Å². The molecule has 0 saturated carbocycles. The number of benzene rings is 2. The van der Waals surface area contributed by atoms with Gasteiger partial charge in [-0.15, -0.1) is 0 Å². The van der Waals surface area contributed by atoms with Crippen molar-refractivity contribution in [2.45, 2.75) is 26.9 Å². The molecule has 10 heteroatoms.